The van der Waals surface area contributed by atoms with E-state index < -0.39 is 0 Å². The molecule has 0 atom stereocenters. The second-order valence-corrected chi connectivity index (χ2v) is 5.57. The summed E-state index contributed by atoms with van der Waals surface area (Å²) in [7, 11) is 0. The number of fused-ring (bicyclic) bond motifs is 1. The van der Waals surface area contributed by atoms with Crippen LogP contribution in [0.25, 0.3) is 0 Å². The molecule has 0 fully saturated rings. The molecule has 0 bridgehead atoms. The first-order valence-electron chi connectivity index (χ1n) is 6.70. The van der Waals surface area contributed by atoms with Crippen LogP contribution in [-0.4, -0.2) is 9.55 Å². The fourth-order valence-electron chi connectivity index (χ4n) is 2.74. The molecule has 1 aromatic heterocycles. The summed E-state index contributed by atoms with van der Waals surface area (Å²) in [5.74, 6) is 2.48. The van der Waals surface area contributed by atoms with Crippen molar-refractivity contribution in [3.05, 3.63) is 17.2 Å². The summed E-state index contributed by atoms with van der Waals surface area (Å²) in [4.78, 5) is 4.89. The molecule has 90 valence electrons. The minimum Gasteiger partial charge on any atom is -0.331 e. The van der Waals surface area contributed by atoms with Crippen LogP contribution in [0.1, 0.15) is 76.0 Å². The van der Waals surface area contributed by atoms with Gasteiger partial charge in [0, 0.05) is 18.7 Å². The molecule has 0 aliphatic carbocycles. The van der Waals surface area contributed by atoms with Crippen LogP contribution in [0.3, 0.4) is 0 Å². The zero-order valence-electron chi connectivity index (χ0n) is 11.1. The number of aromatic nitrogens is 2. The highest BCUT2D eigenvalue weighted by Crippen LogP contribution is 2.29. The van der Waals surface area contributed by atoms with E-state index in [1.54, 1.807) is 0 Å². The molecule has 0 radical (unpaired) electrons. The first kappa shape index (κ1) is 11.7. The number of rotatable bonds is 2. The van der Waals surface area contributed by atoms with Crippen LogP contribution in [0.4, 0.5) is 0 Å². The molecule has 0 saturated carbocycles. The average molecular weight is 220 g/mol. The maximum atomic E-state index is 4.89. The van der Waals surface area contributed by atoms with Gasteiger partial charge in [0.2, 0.25) is 0 Å². The molecule has 2 nitrogen and oxygen atoms in total. The highest BCUT2D eigenvalue weighted by Gasteiger charge is 2.21. The standard InChI is InChI=1S/C14H24N2/c1-10(2)13-14(11(3)4)16-9-7-5-6-8-12(16)15-13/h10-11H,5-9H2,1-4H3. The SMILES string of the molecule is CC(C)c1nc2n(c1C(C)C)CCCCC2. The monoisotopic (exact) mass is 220 g/mol. The molecule has 0 saturated heterocycles. The van der Waals surface area contributed by atoms with Crippen molar-refractivity contribution in [2.45, 2.75) is 71.8 Å². The maximum absolute atomic E-state index is 4.89. The molecule has 0 unspecified atom stereocenters. The lowest BCUT2D eigenvalue weighted by Crippen LogP contribution is -2.08. The molecule has 16 heavy (non-hydrogen) atoms. The van der Waals surface area contributed by atoms with Crippen molar-refractivity contribution in [1.29, 1.82) is 0 Å². The van der Waals surface area contributed by atoms with E-state index in [2.05, 4.69) is 32.3 Å². The summed E-state index contributed by atoms with van der Waals surface area (Å²) < 4.78 is 2.51. The van der Waals surface area contributed by atoms with Crippen molar-refractivity contribution in [3.63, 3.8) is 0 Å². The molecule has 1 aliphatic heterocycles. The Morgan fingerprint density at radius 1 is 1.00 bits per heavy atom. The summed E-state index contributed by atoms with van der Waals surface area (Å²) in [5.41, 5.74) is 2.83. The predicted molar refractivity (Wildman–Crippen MR) is 68.0 cm³/mol. The Bertz CT molecular complexity index is 361. The Morgan fingerprint density at radius 3 is 2.38 bits per heavy atom. The Balaban J connectivity index is 2.48. The predicted octanol–water partition coefficient (Wildman–Crippen LogP) is 3.86. The second kappa shape index (κ2) is 4.60. The number of aryl methyl sites for hydroxylation is 1. The third-order valence-electron chi connectivity index (χ3n) is 3.49. The molecule has 0 aromatic carbocycles. The van der Waals surface area contributed by atoms with Crippen molar-refractivity contribution in [3.8, 4) is 0 Å². The molecule has 1 aromatic rings. The molecule has 0 spiro atoms. The van der Waals surface area contributed by atoms with E-state index in [4.69, 9.17) is 4.98 Å². The number of hydrogen-bond donors (Lipinski definition) is 0. The summed E-state index contributed by atoms with van der Waals surface area (Å²) in [6.45, 7) is 10.3. The molecule has 2 heteroatoms. The van der Waals surface area contributed by atoms with Gasteiger partial charge in [-0.05, 0) is 24.7 Å². The third-order valence-corrected chi connectivity index (χ3v) is 3.49. The van der Waals surface area contributed by atoms with E-state index in [1.807, 2.05) is 0 Å². The number of imidazole rings is 1. The first-order valence-corrected chi connectivity index (χ1v) is 6.70. The lowest BCUT2D eigenvalue weighted by atomic mass is 10.0. The van der Waals surface area contributed by atoms with E-state index >= 15 is 0 Å². The van der Waals surface area contributed by atoms with Crippen LogP contribution in [0.15, 0.2) is 0 Å². The van der Waals surface area contributed by atoms with Gasteiger partial charge in [0.05, 0.1) is 5.69 Å². The zero-order valence-corrected chi connectivity index (χ0v) is 11.1. The molecule has 2 rings (SSSR count). The number of nitrogens with zero attached hydrogens (tertiary/aromatic N) is 2. The van der Waals surface area contributed by atoms with Gasteiger partial charge in [-0.3, -0.25) is 0 Å². The van der Waals surface area contributed by atoms with Crippen molar-refractivity contribution in [2.24, 2.45) is 0 Å². The topological polar surface area (TPSA) is 17.8 Å². The molecule has 0 N–H and O–H groups in total. The molecular formula is C14H24N2. The van der Waals surface area contributed by atoms with E-state index in [0.29, 0.717) is 11.8 Å². The quantitative estimate of drug-likeness (QED) is 0.740. The van der Waals surface area contributed by atoms with Crippen molar-refractivity contribution < 1.29 is 0 Å². The van der Waals surface area contributed by atoms with Crippen LogP contribution in [0.2, 0.25) is 0 Å². The van der Waals surface area contributed by atoms with Gasteiger partial charge in [0.1, 0.15) is 5.82 Å². The van der Waals surface area contributed by atoms with Gasteiger partial charge in [0.15, 0.2) is 0 Å². The van der Waals surface area contributed by atoms with Gasteiger partial charge < -0.3 is 4.57 Å². The van der Waals surface area contributed by atoms with Crippen molar-refractivity contribution >= 4 is 0 Å². The highest BCUT2D eigenvalue weighted by atomic mass is 15.1. The normalized spacial score (nSPS) is 16.6. The zero-order chi connectivity index (χ0) is 11.7. The van der Waals surface area contributed by atoms with Crippen LogP contribution < -0.4 is 0 Å². The molecular weight excluding hydrogens is 196 g/mol. The Morgan fingerprint density at radius 2 is 1.75 bits per heavy atom. The summed E-state index contributed by atoms with van der Waals surface area (Å²) >= 11 is 0. The van der Waals surface area contributed by atoms with Gasteiger partial charge in [0.25, 0.3) is 0 Å². The minimum atomic E-state index is 0.553. The Labute approximate surface area is 99.1 Å². The highest BCUT2D eigenvalue weighted by molar-refractivity contribution is 5.24. The lowest BCUT2D eigenvalue weighted by Gasteiger charge is -2.14. The van der Waals surface area contributed by atoms with Crippen LogP contribution >= 0.6 is 0 Å². The number of hydrogen-bond acceptors (Lipinski definition) is 1. The summed E-state index contributed by atoms with van der Waals surface area (Å²) in [5, 5.41) is 0. The van der Waals surface area contributed by atoms with Gasteiger partial charge >= 0.3 is 0 Å². The smallest absolute Gasteiger partial charge is 0.109 e. The summed E-state index contributed by atoms with van der Waals surface area (Å²) in [6, 6.07) is 0. The van der Waals surface area contributed by atoms with Crippen molar-refractivity contribution in [1.82, 2.24) is 9.55 Å². The second-order valence-electron chi connectivity index (χ2n) is 5.57. The van der Waals surface area contributed by atoms with E-state index in [1.165, 1.54) is 49.4 Å². The summed E-state index contributed by atoms with van der Waals surface area (Å²) in [6.07, 6.45) is 5.16. The first-order chi connectivity index (χ1) is 7.61. The Hall–Kier alpha value is -0.790. The third kappa shape index (κ3) is 2.02. The minimum absolute atomic E-state index is 0.553. The lowest BCUT2D eigenvalue weighted by molar-refractivity contribution is 0.590. The van der Waals surface area contributed by atoms with Gasteiger partial charge in [-0.25, -0.2) is 4.98 Å². The average Bonchev–Trinajstić information content (AvgIpc) is 2.43. The van der Waals surface area contributed by atoms with Gasteiger partial charge in [-0.15, -0.1) is 0 Å². The largest absolute Gasteiger partial charge is 0.331 e. The molecule has 0 amide bonds. The van der Waals surface area contributed by atoms with Gasteiger partial charge in [-0.2, -0.15) is 0 Å². The fraction of sp³-hybridized carbons (Fsp3) is 0.786. The van der Waals surface area contributed by atoms with E-state index in [9.17, 15) is 0 Å². The van der Waals surface area contributed by atoms with E-state index in [0.717, 1.165) is 0 Å². The van der Waals surface area contributed by atoms with Crippen LogP contribution in [0, 0.1) is 0 Å². The Kier molecular flexibility index (Phi) is 3.36. The molecule has 2 heterocycles. The van der Waals surface area contributed by atoms with Gasteiger partial charge in [-0.1, -0.05) is 34.1 Å². The van der Waals surface area contributed by atoms with Crippen LogP contribution in [-0.2, 0) is 13.0 Å². The fourth-order valence-corrected chi connectivity index (χ4v) is 2.74. The van der Waals surface area contributed by atoms with E-state index in [-0.39, 0.29) is 0 Å². The van der Waals surface area contributed by atoms with Crippen molar-refractivity contribution in [2.75, 3.05) is 0 Å². The maximum Gasteiger partial charge on any atom is 0.109 e. The van der Waals surface area contributed by atoms with Crippen LogP contribution in [0.5, 0.6) is 0 Å². The molecule has 1 aliphatic rings.